The number of H-pyrrole nitrogens is 1. The van der Waals surface area contributed by atoms with Crippen LogP contribution in [-0.4, -0.2) is 48.5 Å². The lowest BCUT2D eigenvalue weighted by Gasteiger charge is -2.11. The van der Waals surface area contributed by atoms with E-state index < -0.39 is 5.91 Å². The van der Waals surface area contributed by atoms with Crippen LogP contribution in [0.15, 0.2) is 51.4 Å². The number of rotatable bonds is 8. The lowest BCUT2D eigenvalue weighted by molar-refractivity contribution is 0.0946. The van der Waals surface area contributed by atoms with E-state index in [0.29, 0.717) is 58.0 Å². The van der Waals surface area contributed by atoms with Crippen LogP contribution in [0.2, 0.25) is 5.15 Å². The van der Waals surface area contributed by atoms with Crippen molar-refractivity contribution >= 4 is 56.3 Å². The molecule has 0 saturated heterocycles. The fourth-order valence-electron chi connectivity index (χ4n) is 4.20. The number of tetrazole rings is 1. The lowest BCUT2D eigenvalue weighted by atomic mass is 10.0. The summed E-state index contributed by atoms with van der Waals surface area (Å²) in [6.45, 7) is 4.68. The number of nitrogens with one attached hydrogen (secondary N) is 3. The first kappa shape index (κ1) is 25.6. The Morgan fingerprint density at radius 2 is 1.97 bits per heavy atom. The van der Waals surface area contributed by atoms with Crippen LogP contribution in [0.4, 0.5) is 5.95 Å². The molecule has 0 fully saturated rings. The molecule has 0 saturated carbocycles. The number of fused-ring (bicyclic) bond motifs is 1. The molecule has 0 atom stereocenters. The minimum atomic E-state index is -0.406. The number of hydrogen-bond donors (Lipinski definition) is 3. The first-order chi connectivity index (χ1) is 18.4. The van der Waals surface area contributed by atoms with Gasteiger partial charge in [0.05, 0.1) is 10.0 Å². The fraction of sp³-hybridized carbons (Fsp3) is 0.200. The second-order valence-corrected chi connectivity index (χ2v) is 9.43. The number of aromatic nitrogens is 6. The third kappa shape index (κ3) is 4.79. The minimum Gasteiger partial charge on any atom is -0.455 e. The number of carbonyl (C=O) groups excluding carboxylic acids is 2. The standard InChI is InChI=1S/C25H22BrClN8O3/c1-3-18-29-22(27)20(24(37)28-4-2)35(18)12-13-9-10-17-16(11-13)19(26)21(38-17)14-7-5-6-8-15(14)23(36)30-25-31-33-34-32-25/h5-11H,3-4,12H2,1-2H3,(H,28,37)(H2,30,31,32,33,34,36). The number of halogens is 2. The Morgan fingerprint density at radius 3 is 2.71 bits per heavy atom. The summed E-state index contributed by atoms with van der Waals surface area (Å²) in [5, 5.41) is 19.7. The van der Waals surface area contributed by atoms with E-state index in [9.17, 15) is 9.59 Å². The molecule has 0 aliphatic heterocycles. The van der Waals surface area contributed by atoms with E-state index in [1.165, 1.54) is 0 Å². The van der Waals surface area contributed by atoms with E-state index in [1.807, 2.05) is 42.7 Å². The fourth-order valence-corrected chi connectivity index (χ4v) is 5.09. The summed E-state index contributed by atoms with van der Waals surface area (Å²) in [6.07, 6.45) is 0.615. The largest absolute Gasteiger partial charge is 0.455 e. The second-order valence-electron chi connectivity index (χ2n) is 8.28. The maximum absolute atomic E-state index is 12.9. The summed E-state index contributed by atoms with van der Waals surface area (Å²) in [6, 6.07) is 12.8. The highest BCUT2D eigenvalue weighted by atomic mass is 79.9. The summed E-state index contributed by atoms with van der Waals surface area (Å²) in [5.74, 6) is 0.602. The van der Waals surface area contributed by atoms with Gasteiger partial charge in [0.15, 0.2) is 5.15 Å². The van der Waals surface area contributed by atoms with E-state index >= 15 is 0 Å². The summed E-state index contributed by atoms with van der Waals surface area (Å²) in [4.78, 5) is 30.0. The van der Waals surface area contributed by atoms with Gasteiger partial charge in [-0.2, -0.15) is 5.21 Å². The Balaban J connectivity index is 1.52. The number of aryl methyl sites for hydroxylation is 1. The van der Waals surface area contributed by atoms with Crippen molar-refractivity contribution in [3.8, 4) is 11.3 Å². The van der Waals surface area contributed by atoms with Gasteiger partial charge in [0.1, 0.15) is 22.9 Å². The quantitative estimate of drug-likeness (QED) is 0.232. The van der Waals surface area contributed by atoms with Crippen molar-refractivity contribution in [2.75, 3.05) is 11.9 Å². The molecule has 11 nitrogen and oxygen atoms in total. The normalized spacial score (nSPS) is 11.2. The van der Waals surface area contributed by atoms with Crippen LogP contribution in [0.3, 0.4) is 0 Å². The van der Waals surface area contributed by atoms with E-state index in [2.05, 4.69) is 52.2 Å². The Kier molecular flexibility index (Phi) is 7.25. The van der Waals surface area contributed by atoms with Crippen molar-refractivity contribution in [1.82, 2.24) is 35.5 Å². The summed E-state index contributed by atoms with van der Waals surface area (Å²) in [7, 11) is 0. The number of benzene rings is 2. The number of nitrogens with zero attached hydrogens (tertiary/aromatic N) is 5. The third-order valence-corrected chi connectivity index (χ3v) is 6.94. The highest BCUT2D eigenvalue weighted by Gasteiger charge is 2.23. The number of furan rings is 1. The van der Waals surface area contributed by atoms with Crippen molar-refractivity contribution in [2.45, 2.75) is 26.8 Å². The van der Waals surface area contributed by atoms with E-state index in [1.54, 1.807) is 18.2 Å². The Bertz CT molecular complexity index is 1640. The zero-order valence-corrected chi connectivity index (χ0v) is 22.7. The molecule has 2 aromatic carbocycles. The molecule has 3 aromatic heterocycles. The topological polar surface area (TPSA) is 144 Å². The molecule has 13 heteroatoms. The predicted molar refractivity (Wildman–Crippen MR) is 145 cm³/mol. The summed E-state index contributed by atoms with van der Waals surface area (Å²) in [5.41, 5.74) is 2.85. The molecule has 38 heavy (non-hydrogen) atoms. The molecule has 5 rings (SSSR count). The zero-order valence-electron chi connectivity index (χ0n) is 20.4. The number of carbonyl (C=O) groups is 2. The predicted octanol–water partition coefficient (Wildman–Crippen LogP) is 4.84. The highest BCUT2D eigenvalue weighted by Crippen LogP contribution is 2.39. The van der Waals surface area contributed by atoms with Crippen molar-refractivity contribution in [3.63, 3.8) is 0 Å². The molecule has 0 aliphatic carbocycles. The van der Waals surface area contributed by atoms with Crippen LogP contribution in [0.25, 0.3) is 22.3 Å². The van der Waals surface area contributed by atoms with Crippen molar-refractivity contribution < 1.29 is 14.0 Å². The van der Waals surface area contributed by atoms with E-state index in [0.717, 1.165) is 10.9 Å². The SMILES string of the molecule is CCNC(=O)c1c(Cl)nc(CC)n1Cc1ccc2oc(-c3ccccc3C(=O)Nc3nn[nH]n3)c(Br)c2c1. The van der Waals surface area contributed by atoms with Crippen LogP contribution in [0.5, 0.6) is 0 Å². The van der Waals surface area contributed by atoms with Gasteiger partial charge in [-0.1, -0.05) is 47.9 Å². The molecule has 3 N–H and O–H groups in total. The minimum absolute atomic E-state index is 0.0659. The average molecular weight is 598 g/mol. The molecule has 0 unspecified atom stereocenters. The Morgan fingerprint density at radius 1 is 1.16 bits per heavy atom. The van der Waals surface area contributed by atoms with Crippen LogP contribution in [-0.2, 0) is 13.0 Å². The lowest BCUT2D eigenvalue weighted by Crippen LogP contribution is -2.26. The molecular formula is C25H22BrClN8O3. The van der Waals surface area contributed by atoms with Crippen LogP contribution in [0, 0.1) is 0 Å². The van der Waals surface area contributed by atoms with Gasteiger partial charge in [0, 0.05) is 30.5 Å². The summed E-state index contributed by atoms with van der Waals surface area (Å²) >= 11 is 10.0. The van der Waals surface area contributed by atoms with Gasteiger partial charge in [-0.25, -0.2) is 4.98 Å². The Labute approximate surface area is 230 Å². The second kappa shape index (κ2) is 10.8. The average Bonchev–Trinajstić information content (AvgIpc) is 3.62. The number of anilines is 1. The number of aromatic amines is 1. The molecular weight excluding hydrogens is 576 g/mol. The van der Waals surface area contributed by atoms with Gasteiger partial charge >= 0.3 is 0 Å². The van der Waals surface area contributed by atoms with Crippen molar-refractivity contribution in [1.29, 1.82) is 0 Å². The maximum atomic E-state index is 12.9. The first-order valence-electron chi connectivity index (χ1n) is 11.8. The van der Waals surface area contributed by atoms with E-state index in [-0.39, 0.29) is 17.0 Å². The molecule has 194 valence electrons. The van der Waals surface area contributed by atoms with Gasteiger partial charge < -0.3 is 14.3 Å². The number of amides is 2. The van der Waals surface area contributed by atoms with E-state index in [4.69, 9.17) is 16.0 Å². The molecule has 0 spiro atoms. The molecule has 0 bridgehead atoms. The van der Waals surface area contributed by atoms with Gasteiger partial charge in [-0.05, 0) is 51.8 Å². The maximum Gasteiger partial charge on any atom is 0.271 e. The Hall–Kier alpha value is -4.03. The van der Waals surface area contributed by atoms with Crippen LogP contribution in [0.1, 0.15) is 46.1 Å². The van der Waals surface area contributed by atoms with Gasteiger partial charge in [-0.15, -0.1) is 5.10 Å². The molecule has 2 amide bonds. The van der Waals surface area contributed by atoms with Gasteiger partial charge in [0.25, 0.3) is 17.8 Å². The molecule has 0 radical (unpaired) electrons. The zero-order chi connectivity index (χ0) is 26.8. The van der Waals surface area contributed by atoms with Crippen molar-refractivity contribution in [3.05, 3.63) is 74.7 Å². The molecule has 3 heterocycles. The number of hydrogen-bond acceptors (Lipinski definition) is 7. The smallest absolute Gasteiger partial charge is 0.271 e. The molecule has 0 aliphatic rings. The monoisotopic (exact) mass is 596 g/mol. The first-order valence-corrected chi connectivity index (χ1v) is 13.0. The van der Waals surface area contributed by atoms with Gasteiger partial charge in [0.2, 0.25) is 0 Å². The van der Waals surface area contributed by atoms with Crippen molar-refractivity contribution in [2.24, 2.45) is 0 Å². The van der Waals surface area contributed by atoms with Gasteiger partial charge in [-0.3, -0.25) is 14.9 Å². The summed E-state index contributed by atoms with van der Waals surface area (Å²) < 4.78 is 8.70. The molecule has 5 aromatic rings. The third-order valence-electron chi connectivity index (χ3n) is 5.89. The number of imidazole rings is 1. The highest BCUT2D eigenvalue weighted by molar-refractivity contribution is 9.10. The van der Waals surface area contributed by atoms with Crippen LogP contribution < -0.4 is 10.6 Å². The van der Waals surface area contributed by atoms with Crippen LogP contribution >= 0.6 is 27.5 Å².